The van der Waals surface area contributed by atoms with Gasteiger partial charge in [0, 0.05) is 17.8 Å². The van der Waals surface area contributed by atoms with Gasteiger partial charge in [-0.2, -0.15) is 5.10 Å². The van der Waals surface area contributed by atoms with Crippen LogP contribution >= 0.6 is 0 Å². The fourth-order valence-corrected chi connectivity index (χ4v) is 2.14. The monoisotopic (exact) mass is 399 g/mol. The van der Waals surface area contributed by atoms with Crippen LogP contribution in [-0.2, 0) is 0 Å². The van der Waals surface area contributed by atoms with E-state index in [9.17, 15) is 19.2 Å². The normalized spacial score (nSPS) is 9.79. The first-order valence-electron chi connectivity index (χ1n) is 7.74. The van der Waals surface area contributed by atoms with Crippen molar-refractivity contribution >= 4 is 23.9 Å². The van der Waals surface area contributed by atoms with Crippen molar-refractivity contribution < 1.29 is 39.6 Å². The lowest BCUT2D eigenvalue weighted by Crippen LogP contribution is -2.06. The Morgan fingerprint density at radius 1 is 0.759 bits per heavy atom. The summed E-state index contributed by atoms with van der Waals surface area (Å²) in [5.41, 5.74) is 0.241. The van der Waals surface area contributed by atoms with Crippen molar-refractivity contribution in [1.29, 1.82) is 0 Å². The molecular weight excluding hydrogens is 386 g/mol. The smallest absolute Gasteiger partial charge is 0.356 e. The Labute approximate surface area is 161 Å². The highest BCUT2D eigenvalue weighted by molar-refractivity contribution is 5.97. The number of carbonyl (C=O) groups is 4. The average molecular weight is 399 g/mol. The molecule has 3 aromatic rings. The summed E-state index contributed by atoms with van der Waals surface area (Å²) >= 11 is 0. The van der Waals surface area contributed by atoms with Crippen LogP contribution in [0, 0.1) is 0 Å². The van der Waals surface area contributed by atoms with Gasteiger partial charge < -0.3 is 20.4 Å². The molecule has 2 aromatic heterocycles. The Morgan fingerprint density at radius 3 is 1.83 bits per heavy atom. The van der Waals surface area contributed by atoms with E-state index in [2.05, 4.69) is 15.2 Å². The second-order valence-electron chi connectivity index (χ2n) is 5.37. The van der Waals surface area contributed by atoms with E-state index in [0.717, 1.165) is 12.3 Å². The van der Waals surface area contributed by atoms with Gasteiger partial charge in [0.2, 0.25) is 0 Å². The lowest BCUT2D eigenvalue weighted by atomic mass is 10.0. The van der Waals surface area contributed by atoms with Crippen LogP contribution in [0.15, 0.2) is 48.7 Å². The lowest BCUT2D eigenvalue weighted by molar-refractivity contribution is 0.0676. The van der Waals surface area contributed by atoms with E-state index in [1.165, 1.54) is 6.07 Å². The van der Waals surface area contributed by atoms with Crippen LogP contribution in [0.4, 0.5) is 0 Å². The number of carboxylic acid groups (broad SMARTS) is 4. The lowest BCUT2D eigenvalue weighted by Gasteiger charge is -2.06. The van der Waals surface area contributed by atoms with E-state index < -0.39 is 23.9 Å². The molecule has 0 unspecified atom stereocenters. The van der Waals surface area contributed by atoms with Gasteiger partial charge in [-0.05, 0) is 11.6 Å². The van der Waals surface area contributed by atoms with Gasteiger partial charge in [0.05, 0.1) is 5.56 Å². The minimum atomic E-state index is -1.26. The van der Waals surface area contributed by atoms with Crippen molar-refractivity contribution in [2.75, 3.05) is 0 Å². The third kappa shape index (κ3) is 5.23. The van der Waals surface area contributed by atoms with Gasteiger partial charge in [0.1, 0.15) is 11.4 Å². The second kappa shape index (κ2) is 8.90. The van der Waals surface area contributed by atoms with E-state index in [-0.39, 0.29) is 22.6 Å². The van der Waals surface area contributed by atoms with Gasteiger partial charge >= 0.3 is 23.9 Å². The number of benzene rings is 1. The summed E-state index contributed by atoms with van der Waals surface area (Å²) in [5, 5.41) is 39.9. The quantitative estimate of drug-likeness (QED) is 0.423. The zero-order valence-corrected chi connectivity index (χ0v) is 14.4. The number of nitrogens with zero attached hydrogens (tertiary/aromatic N) is 2. The summed E-state index contributed by atoms with van der Waals surface area (Å²) in [5.74, 6) is -4.82. The molecule has 0 saturated carbocycles. The predicted octanol–water partition coefficient (Wildman–Crippen LogP) is 1.95. The van der Waals surface area contributed by atoms with Gasteiger partial charge in [-0.15, -0.1) is 0 Å². The number of hydrogen-bond donors (Lipinski definition) is 5. The molecule has 0 bridgehead atoms. The summed E-state index contributed by atoms with van der Waals surface area (Å²) in [6.07, 6.45) is 1.06. The number of aromatic nitrogens is 3. The number of rotatable bonds is 5. The van der Waals surface area contributed by atoms with Crippen LogP contribution in [0.2, 0.25) is 0 Å². The maximum atomic E-state index is 11.1. The van der Waals surface area contributed by atoms with Gasteiger partial charge in [-0.1, -0.05) is 30.3 Å². The van der Waals surface area contributed by atoms with E-state index in [1.54, 1.807) is 30.3 Å². The van der Waals surface area contributed by atoms with E-state index in [1.807, 2.05) is 0 Å². The standard InChI is InChI=1S/C13H9NO4.C5H4N2O4/c15-12(16)10-7-14-11(13(17)18)6-9(10)8-4-2-1-3-5-8;8-4(9)2-1-3(5(10)11)7-6-2/h1-7H,(H,15,16)(H,17,18);1H,(H,6,7)(H,8,9)(H,10,11). The molecule has 0 aliphatic carbocycles. The van der Waals surface area contributed by atoms with Crippen molar-refractivity contribution in [3.05, 3.63) is 71.3 Å². The number of aromatic carboxylic acids is 4. The molecule has 0 saturated heterocycles. The molecule has 0 radical (unpaired) electrons. The number of carboxylic acids is 4. The van der Waals surface area contributed by atoms with Crippen LogP contribution in [0.3, 0.4) is 0 Å². The second-order valence-corrected chi connectivity index (χ2v) is 5.37. The molecule has 0 fully saturated rings. The maximum absolute atomic E-state index is 11.1. The molecule has 0 aliphatic rings. The molecule has 5 N–H and O–H groups in total. The first-order valence-corrected chi connectivity index (χ1v) is 7.74. The Hall–Kier alpha value is -4.54. The molecule has 1 aromatic carbocycles. The van der Waals surface area contributed by atoms with Crippen LogP contribution < -0.4 is 0 Å². The molecule has 29 heavy (non-hydrogen) atoms. The van der Waals surface area contributed by atoms with Crippen molar-refractivity contribution in [2.45, 2.75) is 0 Å². The molecule has 0 atom stereocenters. The van der Waals surface area contributed by atoms with Crippen molar-refractivity contribution in [1.82, 2.24) is 15.2 Å². The molecule has 2 heterocycles. The van der Waals surface area contributed by atoms with Gasteiger partial charge in [0.15, 0.2) is 5.69 Å². The molecule has 3 rings (SSSR count). The van der Waals surface area contributed by atoms with Crippen molar-refractivity contribution in [3.63, 3.8) is 0 Å². The Bertz CT molecular complexity index is 1050. The molecule has 0 amide bonds. The molecule has 11 heteroatoms. The van der Waals surface area contributed by atoms with E-state index in [0.29, 0.717) is 11.1 Å². The first-order chi connectivity index (χ1) is 13.7. The zero-order valence-electron chi connectivity index (χ0n) is 14.4. The number of H-pyrrole nitrogens is 1. The minimum absolute atomic E-state index is 0.0220. The van der Waals surface area contributed by atoms with Crippen LogP contribution in [0.5, 0.6) is 0 Å². The Morgan fingerprint density at radius 2 is 1.38 bits per heavy atom. The molecular formula is C18H13N3O8. The van der Waals surface area contributed by atoms with Crippen molar-refractivity contribution in [3.8, 4) is 11.1 Å². The highest BCUT2D eigenvalue weighted by Crippen LogP contribution is 2.24. The van der Waals surface area contributed by atoms with Gasteiger partial charge in [0.25, 0.3) is 0 Å². The number of nitrogens with one attached hydrogen (secondary N) is 1. The topological polar surface area (TPSA) is 191 Å². The molecule has 11 nitrogen and oxygen atoms in total. The fraction of sp³-hybridized carbons (Fsp3) is 0. The summed E-state index contributed by atoms with van der Waals surface area (Å²) in [4.78, 5) is 45.9. The van der Waals surface area contributed by atoms with Crippen molar-refractivity contribution in [2.24, 2.45) is 0 Å². The number of hydrogen-bond acceptors (Lipinski definition) is 6. The number of pyridine rings is 1. The van der Waals surface area contributed by atoms with E-state index >= 15 is 0 Å². The summed E-state index contributed by atoms with van der Waals surface area (Å²) in [6.45, 7) is 0. The maximum Gasteiger partial charge on any atom is 0.356 e. The third-order valence-electron chi connectivity index (χ3n) is 3.47. The molecule has 0 aliphatic heterocycles. The third-order valence-corrected chi connectivity index (χ3v) is 3.47. The highest BCUT2D eigenvalue weighted by atomic mass is 16.4. The predicted molar refractivity (Wildman–Crippen MR) is 96.1 cm³/mol. The highest BCUT2D eigenvalue weighted by Gasteiger charge is 2.16. The Kier molecular flexibility index (Phi) is 6.38. The van der Waals surface area contributed by atoms with Crippen LogP contribution in [0.25, 0.3) is 11.1 Å². The largest absolute Gasteiger partial charge is 0.478 e. The summed E-state index contributed by atoms with van der Waals surface area (Å²) in [6, 6.07) is 10.9. The molecule has 0 spiro atoms. The Balaban J connectivity index is 0.000000234. The fourth-order valence-electron chi connectivity index (χ4n) is 2.14. The van der Waals surface area contributed by atoms with Gasteiger partial charge in [-0.25, -0.2) is 24.2 Å². The van der Waals surface area contributed by atoms with E-state index in [4.69, 9.17) is 20.4 Å². The zero-order chi connectivity index (χ0) is 21.6. The molecule has 148 valence electrons. The number of aromatic amines is 1. The van der Waals surface area contributed by atoms with Gasteiger partial charge in [-0.3, -0.25) is 5.10 Å². The average Bonchev–Trinajstić information content (AvgIpc) is 3.19. The minimum Gasteiger partial charge on any atom is -0.478 e. The van der Waals surface area contributed by atoms with Crippen LogP contribution in [0.1, 0.15) is 41.8 Å². The SMILES string of the molecule is O=C(O)c1cc(-c2ccccc2)c(C(=O)O)cn1.O=C(O)c1cc(C(=O)O)[nH]n1. The summed E-state index contributed by atoms with van der Waals surface area (Å²) < 4.78 is 0. The first kappa shape index (κ1) is 20.8. The summed E-state index contributed by atoms with van der Waals surface area (Å²) in [7, 11) is 0. The van der Waals surface area contributed by atoms with Crippen LogP contribution in [-0.4, -0.2) is 59.5 Å².